The van der Waals surface area contributed by atoms with Crippen molar-refractivity contribution in [2.45, 2.75) is 52.2 Å². The zero-order valence-electron chi connectivity index (χ0n) is 20.3. The molecule has 35 heavy (non-hydrogen) atoms. The van der Waals surface area contributed by atoms with E-state index in [1.165, 1.54) is 29.2 Å². The molecule has 0 saturated carbocycles. The SMILES string of the molecule is CC[C@@H](C(=O)NC(C)(C)C)N(Cc1ccc(Cl)cc1Cl)C(=O)CN(c1cccc(F)c1)S(C)(=O)=O. The Labute approximate surface area is 216 Å². The van der Waals surface area contributed by atoms with Crippen LogP contribution in [0, 0.1) is 5.82 Å². The number of halogens is 3. The molecule has 0 radical (unpaired) electrons. The number of rotatable bonds is 9. The van der Waals surface area contributed by atoms with Crippen molar-refractivity contribution >= 4 is 50.7 Å². The molecule has 192 valence electrons. The molecule has 2 aromatic carbocycles. The highest BCUT2D eigenvalue weighted by Crippen LogP contribution is 2.25. The number of nitrogens with zero attached hydrogens (tertiary/aromatic N) is 2. The Morgan fingerprint density at radius 1 is 1.11 bits per heavy atom. The third-order valence-electron chi connectivity index (χ3n) is 5.02. The predicted octanol–water partition coefficient (Wildman–Crippen LogP) is 4.62. The summed E-state index contributed by atoms with van der Waals surface area (Å²) in [7, 11) is -3.96. The minimum Gasteiger partial charge on any atom is -0.350 e. The second kappa shape index (κ2) is 11.6. The van der Waals surface area contributed by atoms with Crippen LogP contribution in [0.1, 0.15) is 39.7 Å². The summed E-state index contributed by atoms with van der Waals surface area (Å²) in [5, 5.41) is 3.57. The largest absolute Gasteiger partial charge is 0.350 e. The standard InChI is InChI=1S/C24H30Cl2FN3O4S/c1-6-21(23(32)28-24(2,3)4)29(14-16-10-11-17(25)12-20(16)26)22(31)15-30(35(5,33)34)19-9-7-8-18(27)13-19/h7-13,21H,6,14-15H2,1-5H3,(H,28,32)/t21-/m0/s1. The van der Waals surface area contributed by atoms with Crippen LogP contribution >= 0.6 is 23.2 Å². The molecular weight excluding hydrogens is 516 g/mol. The van der Waals surface area contributed by atoms with Crippen LogP contribution < -0.4 is 9.62 Å². The van der Waals surface area contributed by atoms with E-state index in [1.54, 1.807) is 19.1 Å². The highest BCUT2D eigenvalue weighted by Gasteiger charge is 2.33. The van der Waals surface area contributed by atoms with Gasteiger partial charge in [-0.1, -0.05) is 42.3 Å². The average Bonchev–Trinajstić information content (AvgIpc) is 2.71. The lowest BCUT2D eigenvalue weighted by atomic mass is 10.1. The molecule has 0 spiro atoms. The van der Waals surface area contributed by atoms with E-state index < -0.39 is 45.8 Å². The third kappa shape index (κ3) is 8.37. The highest BCUT2D eigenvalue weighted by atomic mass is 35.5. The van der Waals surface area contributed by atoms with Gasteiger partial charge in [-0.3, -0.25) is 13.9 Å². The smallest absolute Gasteiger partial charge is 0.244 e. The van der Waals surface area contributed by atoms with E-state index in [1.807, 2.05) is 20.8 Å². The number of hydrogen-bond acceptors (Lipinski definition) is 4. The molecule has 1 N–H and O–H groups in total. The summed E-state index contributed by atoms with van der Waals surface area (Å²) in [5.41, 5.74) is -0.0297. The summed E-state index contributed by atoms with van der Waals surface area (Å²) < 4.78 is 39.7. The Bertz CT molecular complexity index is 1190. The second-order valence-electron chi connectivity index (χ2n) is 9.17. The quantitative estimate of drug-likeness (QED) is 0.498. The zero-order valence-corrected chi connectivity index (χ0v) is 22.6. The van der Waals surface area contributed by atoms with E-state index in [2.05, 4.69) is 5.32 Å². The minimum absolute atomic E-state index is 0.00230. The van der Waals surface area contributed by atoms with Crippen LogP contribution in [0.3, 0.4) is 0 Å². The van der Waals surface area contributed by atoms with Crippen LogP contribution in [-0.2, 0) is 26.2 Å². The molecule has 7 nitrogen and oxygen atoms in total. The normalized spacial score (nSPS) is 12.7. The van der Waals surface area contributed by atoms with Crippen molar-refractivity contribution < 1.29 is 22.4 Å². The van der Waals surface area contributed by atoms with Crippen molar-refractivity contribution in [1.29, 1.82) is 0 Å². The molecule has 11 heteroatoms. The average molecular weight is 546 g/mol. The Balaban J connectivity index is 2.50. The summed E-state index contributed by atoms with van der Waals surface area (Å²) in [6, 6.07) is 8.79. The van der Waals surface area contributed by atoms with E-state index in [0.717, 1.165) is 16.6 Å². The van der Waals surface area contributed by atoms with Crippen LogP contribution in [0.2, 0.25) is 10.0 Å². The maximum atomic E-state index is 13.8. The molecule has 0 aliphatic heterocycles. The first-order valence-corrected chi connectivity index (χ1v) is 13.5. The summed E-state index contributed by atoms with van der Waals surface area (Å²) in [6.45, 7) is 6.50. The molecule has 0 aliphatic rings. The molecule has 0 saturated heterocycles. The van der Waals surface area contributed by atoms with Gasteiger partial charge in [0.1, 0.15) is 18.4 Å². The Kier molecular flexibility index (Phi) is 9.56. The van der Waals surface area contributed by atoms with Crippen molar-refractivity contribution in [2.24, 2.45) is 0 Å². The lowest BCUT2D eigenvalue weighted by molar-refractivity contribution is -0.141. The molecule has 2 amide bonds. The first-order chi connectivity index (χ1) is 16.1. The zero-order chi connectivity index (χ0) is 26.6. The number of carbonyl (C=O) groups excluding carboxylic acids is 2. The predicted molar refractivity (Wildman–Crippen MR) is 138 cm³/mol. The number of anilines is 1. The molecule has 0 aromatic heterocycles. The molecule has 0 bridgehead atoms. The van der Waals surface area contributed by atoms with Crippen LogP contribution in [0.25, 0.3) is 0 Å². The van der Waals surface area contributed by atoms with Gasteiger partial charge in [0, 0.05) is 22.1 Å². The summed E-state index contributed by atoms with van der Waals surface area (Å²) >= 11 is 12.3. The Hall–Kier alpha value is -2.36. The first-order valence-electron chi connectivity index (χ1n) is 10.9. The van der Waals surface area contributed by atoms with E-state index in [-0.39, 0.29) is 18.7 Å². The van der Waals surface area contributed by atoms with Crippen LogP contribution in [0.15, 0.2) is 42.5 Å². The maximum absolute atomic E-state index is 13.8. The van der Waals surface area contributed by atoms with E-state index in [4.69, 9.17) is 23.2 Å². The number of amides is 2. The van der Waals surface area contributed by atoms with E-state index >= 15 is 0 Å². The van der Waals surface area contributed by atoms with Crippen molar-refractivity contribution in [3.63, 3.8) is 0 Å². The van der Waals surface area contributed by atoms with Crippen molar-refractivity contribution in [1.82, 2.24) is 10.2 Å². The summed E-state index contributed by atoms with van der Waals surface area (Å²) in [4.78, 5) is 28.0. The van der Waals surface area contributed by atoms with E-state index in [9.17, 15) is 22.4 Å². The second-order valence-corrected chi connectivity index (χ2v) is 11.9. The van der Waals surface area contributed by atoms with Crippen molar-refractivity contribution in [3.05, 3.63) is 63.9 Å². The highest BCUT2D eigenvalue weighted by molar-refractivity contribution is 7.92. The molecule has 0 heterocycles. The van der Waals surface area contributed by atoms with Gasteiger partial charge in [-0.25, -0.2) is 12.8 Å². The van der Waals surface area contributed by atoms with Crippen molar-refractivity contribution in [3.8, 4) is 0 Å². The van der Waals surface area contributed by atoms with Gasteiger partial charge in [-0.15, -0.1) is 0 Å². The molecule has 0 fully saturated rings. The van der Waals surface area contributed by atoms with Crippen LogP contribution in [0.4, 0.5) is 10.1 Å². The third-order valence-corrected chi connectivity index (χ3v) is 6.74. The van der Waals surface area contributed by atoms with Gasteiger partial charge >= 0.3 is 0 Å². The monoisotopic (exact) mass is 545 g/mol. The number of sulfonamides is 1. The maximum Gasteiger partial charge on any atom is 0.244 e. The van der Waals surface area contributed by atoms with Gasteiger partial charge < -0.3 is 10.2 Å². The van der Waals surface area contributed by atoms with E-state index in [0.29, 0.717) is 15.6 Å². The van der Waals surface area contributed by atoms with Gasteiger partial charge in [0.2, 0.25) is 21.8 Å². The fraction of sp³-hybridized carbons (Fsp3) is 0.417. The molecule has 2 rings (SSSR count). The van der Waals surface area contributed by atoms with Gasteiger partial charge in [-0.05, 0) is 63.1 Å². The number of carbonyl (C=O) groups is 2. The Morgan fingerprint density at radius 2 is 1.77 bits per heavy atom. The number of benzene rings is 2. The van der Waals surface area contributed by atoms with Crippen LogP contribution in [-0.4, -0.2) is 49.5 Å². The molecule has 0 aliphatic carbocycles. The fourth-order valence-corrected chi connectivity index (χ4v) is 4.76. The fourth-order valence-electron chi connectivity index (χ4n) is 3.45. The summed E-state index contributed by atoms with van der Waals surface area (Å²) in [5.74, 6) is -1.69. The first kappa shape index (κ1) is 28.9. The lowest BCUT2D eigenvalue weighted by Gasteiger charge is -2.34. The summed E-state index contributed by atoms with van der Waals surface area (Å²) in [6.07, 6.45) is 1.19. The van der Waals surface area contributed by atoms with Gasteiger partial charge in [0.15, 0.2) is 0 Å². The lowest BCUT2D eigenvalue weighted by Crippen LogP contribution is -2.55. The molecule has 1 atom stereocenters. The molecular formula is C24H30Cl2FN3O4S. The minimum atomic E-state index is -3.96. The molecule has 0 unspecified atom stereocenters. The number of nitrogens with one attached hydrogen (secondary N) is 1. The van der Waals surface area contributed by atoms with Gasteiger partial charge in [0.25, 0.3) is 0 Å². The molecule has 2 aromatic rings. The van der Waals surface area contributed by atoms with Crippen molar-refractivity contribution in [2.75, 3.05) is 17.1 Å². The number of hydrogen-bond donors (Lipinski definition) is 1. The topological polar surface area (TPSA) is 86.8 Å². The van der Waals surface area contributed by atoms with Crippen LogP contribution in [0.5, 0.6) is 0 Å². The van der Waals surface area contributed by atoms with Gasteiger partial charge in [0.05, 0.1) is 11.9 Å². The Morgan fingerprint density at radius 3 is 2.29 bits per heavy atom. The van der Waals surface area contributed by atoms with Gasteiger partial charge in [-0.2, -0.15) is 0 Å².